The van der Waals surface area contributed by atoms with Crippen molar-refractivity contribution in [1.82, 2.24) is 19.8 Å². The van der Waals surface area contributed by atoms with Crippen molar-refractivity contribution in [2.45, 2.75) is 37.0 Å². The summed E-state index contributed by atoms with van der Waals surface area (Å²) in [7, 11) is 0. The summed E-state index contributed by atoms with van der Waals surface area (Å²) in [5.41, 5.74) is -1.16. The van der Waals surface area contributed by atoms with Gasteiger partial charge in [0.15, 0.2) is 11.6 Å². The molecule has 5 nitrogen and oxygen atoms in total. The molecule has 0 spiro atoms. The Labute approximate surface area is 206 Å². The number of hydrogen-bond acceptors (Lipinski definition) is 5. The first-order chi connectivity index (χ1) is 16.3. The van der Waals surface area contributed by atoms with Crippen LogP contribution < -0.4 is 0 Å². The van der Waals surface area contributed by atoms with Crippen molar-refractivity contribution in [3.05, 3.63) is 63.4 Å². The molecule has 3 aliphatic heterocycles. The van der Waals surface area contributed by atoms with E-state index in [1.165, 1.54) is 11.1 Å². The van der Waals surface area contributed by atoms with Gasteiger partial charge < -0.3 is 9.80 Å². The van der Waals surface area contributed by atoms with Crippen LogP contribution in [0, 0.1) is 5.82 Å². The van der Waals surface area contributed by atoms with Crippen molar-refractivity contribution in [3.8, 4) is 0 Å². The van der Waals surface area contributed by atoms with Gasteiger partial charge >= 0.3 is 6.18 Å². The van der Waals surface area contributed by atoms with E-state index < -0.39 is 59.4 Å². The third-order valence-corrected chi connectivity index (χ3v) is 7.13. The minimum Gasteiger partial charge on any atom is -0.357 e. The molecule has 3 aliphatic rings. The van der Waals surface area contributed by atoms with Crippen LogP contribution in [-0.4, -0.2) is 57.3 Å². The highest BCUT2D eigenvalue weighted by Crippen LogP contribution is 2.49. The number of nitrogens with zero attached hydrogens (tertiary/aromatic N) is 5. The number of alkyl halides is 5. The molecule has 0 aliphatic carbocycles. The van der Waals surface area contributed by atoms with Crippen LogP contribution >= 0.6 is 23.2 Å². The number of aliphatic imine (C=N–C) groups is 1. The minimum absolute atomic E-state index is 0.173. The Hall–Kier alpha value is -2.53. The number of aromatic nitrogens is 2. The monoisotopic (exact) mass is 535 g/mol. The maximum Gasteiger partial charge on any atom is 0.400 e. The first-order valence-corrected chi connectivity index (χ1v) is 11.2. The van der Waals surface area contributed by atoms with Crippen molar-refractivity contribution >= 4 is 34.7 Å². The standard InChI is InChI=1S/C22H17Cl2F6N5/c1-11(35-9-21(26,27)10-35)19-31-5-12-6-34(7-16(12)33-19)17-4-20(8-32-17,22(28,29)30)13-2-14(23)18(25)15(24)3-13/h2-3,5H,1,4,6-10H2. The van der Waals surface area contributed by atoms with Crippen LogP contribution in [0.1, 0.15) is 29.1 Å². The van der Waals surface area contributed by atoms with Crippen LogP contribution in [0.3, 0.4) is 0 Å². The van der Waals surface area contributed by atoms with E-state index in [1.54, 1.807) is 4.90 Å². The van der Waals surface area contributed by atoms with Crippen LogP contribution in [-0.2, 0) is 18.5 Å². The van der Waals surface area contributed by atoms with E-state index in [4.69, 9.17) is 23.2 Å². The third kappa shape index (κ3) is 4.02. The van der Waals surface area contributed by atoms with Gasteiger partial charge in [0.2, 0.25) is 0 Å². The molecule has 2 aromatic rings. The second kappa shape index (κ2) is 7.99. The zero-order chi connectivity index (χ0) is 25.3. The molecule has 1 atom stereocenters. The molecular formula is C22H17Cl2F6N5. The molecule has 186 valence electrons. The average Bonchev–Trinajstić information content (AvgIpc) is 3.39. The number of hydrogen-bond donors (Lipinski definition) is 0. The molecule has 0 N–H and O–H groups in total. The lowest BCUT2D eigenvalue weighted by Gasteiger charge is -2.40. The molecule has 35 heavy (non-hydrogen) atoms. The molecule has 5 rings (SSSR count). The van der Waals surface area contributed by atoms with E-state index in [2.05, 4.69) is 21.5 Å². The lowest BCUT2D eigenvalue weighted by atomic mass is 9.78. The molecule has 4 heterocycles. The van der Waals surface area contributed by atoms with Gasteiger partial charge in [0.05, 0.1) is 47.6 Å². The van der Waals surface area contributed by atoms with E-state index in [0.717, 1.165) is 12.1 Å². The Kier molecular flexibility index (Phi) is 5.52. The number of halogens is 8. The van der Waals surface area contributed by atoms with Gasteiger partial charge in [-0.05, 0) is 17.7 Å². The molecule has 0 amide bonds. The van der Waals surface area contributed by atoms with Gasteiger partial charge in [-0.1, -0.05) is 29.8 Å². The number of benzene rings is 1. The van der Waals surface area contributed by atoms with Crippen LogP contribution in [0.15, 0.2) is 29.9 Å². The minimum atomic E-state index is -4.71. The second-order valence-corrected chi connectivity index (χ2v) is 9.74. The molecule has 13 heteroatoms. The fourth-order valence-corrected chi connectivity index (χ4v) is 5.00. The molecule has 0 saturated carbocycles. The van der Waals surface area contributed by atoms with E-state index in [-0.39, 0.29) is 36.0 Å². The summed E-state index contributed by atoms with van der Waals surface area (Å²) in [4.78, 5) is 15.8. The third-order valence-electron chi connectivity index (χ3n) is 6.58. The van der Waals surface area contributed by atoms with Gasteiger partial charge in [0.25, 0.3) is 5.92 Å². The number of fused-ring (bicyclic) bond motifs is 1. The van der Waals surface area contributed by atoms with Crippen LogP contribution in [0.2, 0.25) is 10.0 Å². The number of likely N-dealkylation sites (tertiary alicyclic amines) is 1. The summed E-state index contributed by atoms with van der Waals surface area (Å²) < 4.78 is 83.2. The number of amidine groups is 1. The normalized spacial score (nSPS) is 23.3. The van der Waals surface area contributed by atoms with Gasteiger partial charge in [0, 0.05) is 24.7 Å². The van der Waals surface area contributed by atoms with E-state index in [0.29, 0.717) is 11.3 Å². The summed E-state index contributed by atoms with van der Waals surface area (Å²) in [5, 5.41) is -0.998. The average molecular weight is 536 g/mol. The summed E-state index contributed by atoms with van der Waals surface area (Å²) in [5.74, 6) is -3.36. The van der Waals surface area contributed by atoms with Crippen molar-refractivity contribution in [3.63, 3.8) is 0 Å². The zero-order valence-corrected chi connectivity index (χ0v) is 19.5. The molecule has 0 radical (unpaired) electrons. The van der Waals surface area contributed by atoms with Crippen LogP contribution in [0.25, 0.3) is 5.70 Å². The smallest absolute Gasteiger partial charge is 0.357 e. The zero-order valence-electron chi connectivity index (χ0n) is 17.9. The summed E-state index contributed by atoms with van der Waals surface area (Å²) in [6, 6.07) is 1.88. The highest BCUT2D eigenvalue weighted by Gasteiger charge is 2.59. The van der Waals surface area contributed by atoms with Gasteiger partial charge in [-0.3, -0.25) is 4.99 Å². The maximum absolute atomic E-state index is 14.3. The Bertz CT molecular complexity index is 1230. The van der Waals surface area contributed by atoms with Crippen molar-refractivity contribution in [2.75, 3.05) is 19.6 Å². The maximum atomic E-state index is 14.3. The highest BCUT2D eigenvalue weighted by atomic mass is 35.5. The predicted molar refractivity (Wildman–Crippen MR) is 118 cm³/mol. The van der Waals surface area contributed by atoms with Gasteiger partial charge in [-0.25, -0.2) is 23.1 Å². The topological polar surface area (TPSA) is 44.6 Å². The quantitative estimate of drug-likeness (QED) is 0.386. The fraction of sp³-hybridized carbons (Fsp3) is 0.409. The van der Waals surface area contributed by atoms with E-state index in [1.807, 2.05) is 0 Å². The SMILES string of the molecule is C=C(c1ncc2c(n1)CN(C1=NCC(c3cc(Cl)c(F)c(Cl)c3)(C(F)(F)F)C1)C2)N1CC(F)(F)C1. The molecule has 1 saturated heterocycles. The molecular weight excluding hydrogens is 519 g/mol. The molecule has 1 fully saturated rings. The van der Waals surface area contributed by atoms with Crippen molar-refractivity contribution in [2.24, 2.45) is 4.99 Å². The van der Waals surface area contributed by atoms with Gasteiger partial charge in [-0.15, -0.1) is 0 Å². The van der Waals surface area contributed by atoms with E-state index in [9.17, 15) is 26.3 Å². The second-order valence-electron chi connectivity index (χ2n) is 8.92. The summed E-state index contributed by atoms with van der Waals surface area (Å²) in [6.45, 7) is 2.67. The molecule has 1 aromatic carbocycles. The van der Waals surface area contributed by atoms with Gasteiger partial charge in [-0.2, -0.15) is 13.2 Å². The number of rotatable bonds is 3. The Morgan fingerprint density at radius 2 is 1.74 bits per heavy atom. The molecule has 1 aromatic heterocycles. The van der Waals surface area contributed by atoms with Crippen LogP contribution in [0.5, 0.6) is 0 Å². The van der Waals surface area contributed by atoms with Gasteiger partial charge in [0.1, 0.15) is 11.3 Å². The molecule has 0 bridgehead atoms. The Balaban J connectivity index is 1.36. The van der Waals surface area contributed by atoms with Crippen molar-refractivity contribution < 1.29 is 26.3 Å². The highest BCUT2D eigenvalue weighted by molar-refractivity contribution is 6.35. The fourth-order valence-electron chi connectivity index (χ4n) is 4.52. The lowest BCUT2D eigenvalue weighted by molar-refractivity contribution is -0.184. The first kappa shape index (κ1) is 24.2. The predicted octanol–water partition coefficient (Wildman–Crippen LogP) is 5.46. The van der Waals surface area contributed by atoms with Crippen molar-refractivity contribution in [1.29, 1.82) is 0 Å². The summed E-state index contributed by atoms with van der Waals surface area (Å²) >= 11 is 11.6. The first-order valence-electron chi connectivity index (χ1n) is 10.5. The van der Waals surface area contributed by atoms with Crippen LogP contribution in [0.4, 0.5) is 26.3 Å². The molecule has 1 unspecified atom stereocenters. The Morgan fingerprint density at radius 3 is 2.34 bits per heavy atom. The lowest BCUT2D eigenvalue weighted by Crippen LogP contribution is -2.54. The largest absolute Gasteiger partial charge is 0.400 e. The summed E-state index contributed by atoms with van der Waals surface area (Å²) in [6.07, 6.45) is -3.68. The van der Waals surface area contributed by atoms with E-state index >= 15 is 0 Å². The Morgan fingerprint density at radius 1 is 1.09 bits per heavy atom.